The molecule has 3 N–H and O–H groups in total. The van der Waals surface area contributed by atoms with Gasteiger partial charge >= 0.3 is 0 Å². The second-order valence-corrected chi connectivity index (χ2v) is 5.61. The second-order valence-electron chi connectivity index (χ2n) is 5.61. The summed E-state index contributed by atoms with van der Waals surface area (Å²) in [6, 6.07) is 14.6. The van der Waals surface area contributed by atoms with Crippen LogP contribution in [0.25, 0.3) is 0 Å². The van der Waals surface area contributed by atoms with Crippen molar-refractivity contribution in [1.82, 2.24) is 9.97 Å². The summed E-state index contributed by atoms with van der Waals surface area (Å²) in [5, 5.41) is 12.1. The molecule has 0 fully saturated rings. The number of rotatable bonds is 5. The summed E-state index contributed by atoms with van der Waals surface area (Å²) in [5.74, 6) is 0.609. The van der Waals surface area contributed by atoms with E-state index < -0.39 is 11.5 Å². The minimum atomic E-state index is -0.530. The Labute approximate surface area is 149 Å². The molecule has 0 radical (unpaired) electrons. The Morgan fingerprint density at radius 2 is 1.96 bits per heavy atom. The number of ether oxygens (including phenoxy) is 1. The van der Waals surface area contributed by atoms with Crippen LogP contribution in [0.4, 0.5) is 5.69 Å². The largest absolute Gasteiger partial charge is 0.508 e. The Hall–Kier alpha value is -3.61. The Morgan fingerprint density at radius 1 is 1.19 bits per heavy atom. The molecule has 7 heteroatoms. The predicted molar refractivity (Wildman–Crippen MR) is 96.7 cm³/mol. The van der Waals surface area contributed by atoms with Crippen LogP contribution >= 0.6 is 0 Å². The molecule has 0 unspecified atom stereocenters. The number of H-pyrrole nitrogens is 1. The van der Waals surface area contributed by atoms with E-state index in [1.807, 2.05) is 24.3 Å². The van der Waals surface area contributed by atoms with Gasteiger partial charge in [0.25, 0.3) is 11.5 Å². The van der Waals surface area contributed by atoms with Gasteiger partial charge in [0.1, 0.15) is 23.0 Å². The first-order valence-corrected chi connectivity index (χ1v) is 7.87. The van der Waals surface area contributed by atoms with E-state index >= 15 is 0 Å². The minimum Gasteiger partial charge on any atom is -0.508 e. The summed E-state index contributed by atoms with van der Waals surface area (Å²) >= 11 is 0. The monoisotopic (exact) mass is 351 g/mol. The Kier molecular flexibility index (Phi) is 4.98. The number of carbonyl (C=O) groups is 1. The number of phenols is 1. The molecular weight excluding hydrogens is 334 g/mol. The van der Waals surface area contributed by atoms with Crippen molar-refractivity contribution in [3.05, 3.63) is 82.0 Å². The van der Waals surface area contributed by atoms with E-state index in [-0.39, 0.29) is 11.4 Å². The molecule has 3 aromatic rings. The fourth-order valence-corrected chi connectivity index (χ4v) is 2.42. The molecule has 2 aromatic carbocycles. The number of aromatic amines is 1. The number of carbonyl (C=O) groups excluding carboxylic acids is 1. The molecule has 0 saturated carbocycles. The van der Waals surface area contributed by atoms with Gasteiger partial charge in [-0.05, 0) is 29.8 Å². The highest BCUT2D eigenvalue weighted by Crippen LogP contribution is 2.16. The summed E-state index contributed by atoms with van der Waals surface area (Å²) in [4.78, 5) is 31.1. The minimum absolute atomic E-state index is 0.000560. The van der Waals surface area contributed by atoms with Gasteiger partial charge in [0, 0.05) is 24.2 Å². The van der Waals surface area contributed by atoms with E-state index in [0.717, 1.165) is 17.4 Å². The number of benzene rings is 2. The van der Waals surface area contributed by atoms with Gasteiger partial charge in [-0.2, -0.15) is 0 Å². The first-order valence-electron chi connectivity index (χ1n) is 7.87. The Balaban J connectivity index is 1.80. The number of nitrogens with one attached hydrogen (secondary N) is 2. The summed E-state index contributed by atoms with van der Waals surface area (Å²) < 4.78 is 5.11. The fraction of sp³-hybridized carbons (Fsp3) is 0.105. The zero-order chi connectivity index (χ0) is 18.5. The molecule has 0 saturated heterocycles. The highest BCUT2D eigenvalue weighted by molar-refractivity contribution is 6.02. The molecule has 0 aliphatic rings. The Bertz CT molecular complexity index is 981. The van der Waals surface area contributed by atoms with Crippen molar-refractivity contribution in [1.29, 1.82) is 0 Å². The van der Waals surface area contributed by atoms with E-state index in [1.54, 1.807) is 19.2 Å². The number of aromatic nitrogens is 2. The molecule has 1 aromatic heterocycles. The third-order valence-corrected chi connectivity index (χ3v) is 3.66. The van der Waals surface area contributed by atoms with Crippen molar-refractivity contribution in [2.75, 3.05) is 12.4 Å². The first-order chi connectivity index (χ1) is 12.5. The van der Waals surface area contributed by atoms with E-state index in [0.29, 0.717) is 17.9 Å². The van der Waals surface area contributed by atoms with E-state index in [1.165, 1.54) is 12.1 Å². The number of aromatic hydroxyl groups is 1. The van der Waals surface area contributed by atoms with Crippen LogP contribution in [0.2, 0.25) is 0 Å². The third-order valence-electron chi connectivity index (χ3n) is 3.66. The maximum Gasteiger partial charge on any atom is 0.274 e. The average Bonchev–Trinajstić information content (AvgIpc) is 2.62. The van der Waals surface area contributed by atoms with Crippen molar-refractivity contribution in [2.45, 2.75) is 6.42 Å². The van der Waals surface area contributed by atoms with Gasteiger partial charge in [-0.15, -0.1) is 0 Å². The predicted octanol–water partition coefficient (Wildman–Crippen LogP) is 2.33. The summed E-state index contributed by atoms with van der Waals surface area (Å²) in [6.45, 7) is 0. The van der Waals surface area contributed by atoms with Crippen LogP contribution in [0.3, 0.4) is 0 Å². The Morgan fingerprint density at radius 3 is 2.65 bits per heavy atom. The molecule has 3 rings (SSSR count). The number of hydrogen-bond acceptors (Lipinski definition) is 5. The highest BCUT2D eigenvalue weighted by Gasteiger charge is 2.11. The zero-order valence-electron chi connectivity index (χ0n) is 14.0. The van der Waals surface area contributed by atoms with Crippen molar-refractivity contribution >= 4 is 11.6 Å². The van der Waals surface area contributed by atoms with Crippen LogP contribution in [0.1, 0.15) is 21.9 Å². The molecular formula is C19H17N3O4. The number of methoxy groups -OCH3 is 1. The van der Waals surface area contributed by atoms with E-state index in [4.69, 9.17) is 4.74 Å². The van der Waals surface area contributed by atoms with Crippen LogP contribution < -0.4 is 15.6 Å². The molecule has 7 nitrogen and oxygen atoms in total. The second kappa shape index (κ2) is 7.52. The van der Waals surface area contributed by atoms with E-state index in [2.05, 4.69) is 15.3 Å². The van der Waals surface area contributed by atoms with Crippen molar-refractivity contribution < 1.29 is 14.6 Å². The molecule has 1 amide bonds. The SMILES string of the molecule is COc1ccc(Cc2nc(C(=O)Nc3cccc(O)c3)cc(=O)[nH]2)cc1. The number of hydrogen-bond donors (Lipinski definition) is 3. The molecule has 0 bridgehead atoms. The van der Waals surface area contributed by atoms with Gasteiger partial charge in [-0.25, -0.2) is 4.98 Å². The summed E-state index contributed by atoms with van der Waals surface area (Å²) in [7, 11) is 1.59. The van der Waals surface area contributed by atoms with Gasteiger partial charge in [0.15, 0.2) is 0 Å². The number of amides is 1. The lowest BCUT2D eigenvalue weighted by Gasteiger charge is -2.07. The number of nitrogens with zero attached hydrogens (tertiary/aromatic N) is 1. The van der Waals surface area contributed by atoms with Crippen LogP contribution in [0, 0.1) is 0 Å². The fourth-order valence-electron chi connectivity index (χ4n) is 2.42. The lowest BCUT2D eigenvalue weighted by atomic mass is 10.1. The lowest BCUT2D eigenvalue weighted by Crippen LogP contribution is -2.20. The van der Waals surface area contributed by atoms with Crippen LogP contribution in [0.15, 0.2) is 59.4 Å². The smallest absolute Gasteiger partial charge is 0.274 e. The number of phenolic OH excluding ortho intramolecular Hbond substituents is 1. The molecule has 26 heavy (non-hydrogen) atoms. The van der Waals surface area contributed by atoms with Gasteiger partial charge in [0.2, 0.25) is 0 Å². The molecule has 132 valence electrons. The molecule has 0 aliphatic carbocycles. The van der Waals surface area contributed by atoms with E-state index in [9.17, 15) is 14.7 Å². The van der Waals surface area contributed by atoms with Crippen molar-refractivity contribution in [3.63, 3.8) is 0 Å². The van der Waals surface area contributed by atoms with Gasteiger partial charge < -0.3 is 20.1 Å². The standard InChI is InChI=1S/C19H17N3O4/c1-26-15-7-5-12(6-8-15)9-17-21-16(11-18(24)22-17)19(25)20-13-3-2-4-14(23)10-13/h2-8,10-11,23H,9H2,1H3,(H,20,25)(H,21,22,24). The average molecular weight is 351 g/mol. The molecule has 1 heterocycles. The van der Waals surface area contributed by atoms with Crippen LogP contribution in [-0.4, -0.2) is 28.1 Å². The normalized spacial score (nSPS) is 10.3. The molecule has 0 atom stereocenters. The topological polar surface area (TPSA) is 104 Å². The third kappa shape index (κ3) is 4.27. The maximum atomic E-state index is 12.3. The first kappa shape index (κ1) is 17.2. The summed E-state index contributed by atoms with van der Waals surface area (Å²) in [6.07, 6.45) is 0.368. The summed E-state index contributed by atoms with van der Waals surface area (Å²) in [5.41, 5.74) is 0.915. The van der Waals surface area contributed by atoms with Crippen molar-refractivity contribution in [2.24, 2.45) is 0 Å². The van der Waals surface area contributed by atoms with Gasteiger partial charge in [-0.1, -0.05) is 18.2 Å². The molecule has 0 aliphatic heterocycles. The highest BCUT2D eigenvalue weighted by atomic mass is 16.5. The van der Waals surface area contributed by atoms with Crippen molar-refractivity contribution in [3.8, 4) is 11.5 Å². The molecule has 0 spiro atoms. The zero-order valence-corrected chi connectivity index (χ0v) is 14.0. The number of anilines is 1. The quantitative estimate of drug-likeness (QED) is 0.654. The maximum absolute atomic E-state index is 12.3. The lowest BCUT2D eigenvalue weighted by molar-refractivity contribution is 0.102. The van der Waals surface area contributed by atoms with Gasteiger partial charge in [0.05, 0.1) is 7.11 Å². The van der Waals surface area contributed by atoms with Gasteiger partial charge in [-0.3, -0.25) is 9.59 Å². The van der Waals surface area contributed by atoms with Crippen LogP contribution in [0.5, 0.6) is 11.5 Å². The van der Waals surface area contributed by atoms with Crippen LogP contribution in [-0.2, 0) is 6.42 Å².